The van der Waals surface area contributed by atoms with Crippen LogP contribution in [0.2, 0.25) is 0 Å². The van der Waals surface area contributed by atoms with Crippen LogP contribution in [0, 0.1) is 17.1 Å². The van der Waals surface area contributed by atoms with Gasteiger partial charge in [0.2, 0.25) is 0 Å². The van der Waals surface area contributed by atoms with Crippen LogP contribution in [0.15, 0.2) is 175 Å². The van der Waals surface area contributed by atoms with Crippen molar-refractivity contribution in [3.8, 4) is 56.9 Å². The molecule has 4 aromatic heterocycles. The summed E-state index contributed by atoms with van der Waals surface area (Å²) in [5.74, 6) is 3.14. The van der Waals surface area contributed by atoms with Gasteiger partial charge in [-0.05, 0) is 208 Å². The maximum absolute atomic E-state index is 12.9. The van der Waals surface area contributed by atoms with Gasteiger partial charge in [0.05, 0.1) is 53.2 Å². The number of benzene rings is 5. The maximum Gasteiger partial charge on any atom is 0.158 e. The Morgan fingerprint density at radius 2 is 1.04 bits per heavy atom. The Bertz CT molecular complexity index is 3220. The second-order valence-corrected chi connectivity index (χ2v) is 20.7. The highest BCUT2D eigenvalue weighted by Crippen LogP contribution is 2.27. The van der Waals surface area contributed by atoms with Crippen molar-refractivity contribution in [3.05, 3.63) is 205 Å². The smallest absolute Gasteiger partial charge is 0.158 e. The molecule has 0 aliphatic carbocycles. The number of aromatic amines is 1. The van der Waals surface area contributed by atoms with Crippen molar-refractivity contribution in [2.75, 3.05) is 54.4 Å². The first-order valence-electron chi connectivity index (χ1n) is 28.6. The zero-order valence-electron chi connectivity index (χ0n) is 49.8. The van der Waals surface area contributed by atoms with Gasteiger partial charge in [-0.15, -0.1) is 0 Å². The molecule has 14 nitrogen and oxygen atoms in total. The zero-order valence-corrected chi connectivity index (χ0v) is 49.8. The van der Waals surface area contributed by atoms with Crippen molar-refractivity contribution in [1.82, 2.24) is 49.3 Å². The summed E-state index contributed by atoms with van der Waals surface area (Å²) in [6.07, 6.45) is 12.1. The molecule has 0 spiro atoms. The van der Waals surface area contributed by atoms with Gasteiger partial charge in [-0.1, -0.05) is 75.3 Å². The molecule has 9 aromatic rings. The van der Waals surface area contributed by atoms with Crippen LogP contribution in [0.3, 0.4) is 0 Å². The first-order chi connectivity index (χ1) is 39.8. The molecule has 15 heteroatoms. The van der Waals surface area contributed by atoms with E-state index in [1.807, 2.05) is 152 Å². The minimum atomic E-state index is -0.236. The lowest BCUT2D eigenvalue weighted by atomic mass is 10.0. The van der Waals surface area contributed by atoms with E-state index in [1.165, 1.54) is 34.8 Å². The molecule has 0 bridgehead atoms. The van der Waals surface area contributed by atoms with Crippen molar-refractivity contribution in [1.29, 1.82) is 5.26 Å². The Hall–Kier alpha value is -8.13. The second-order valence-electron chi connectivity index (χ2n) is 20.7. The van der Waals surface area contributed by atoms with Crippen molar-refractivity contribution in [2.24, 2.45) is 0 Å². The summed E-state index contributed by atoms with van der Waals surface area (Å²) < 4.78 is 33.7. The highest BCUT2D eigenvalue weighted by atomic mass is 19.1. The number of halogens is 1. The van der Waals surface area contributed by atoms with E-state index in [0.29, 0.717) is 12.1 Å². The van der Waals surface area contributed by atoms with Gasteiger partial charge in [-0.2, -0.15) is 15.5 Å². The van der Waals surface area contributed by atoms with Crippen LogP contribution in [0.25, 0.3) is 33.6 Å². The van der Waals surface area contributed by atoms with E-state index < -0.39 is 0 Å². The van der Waals surface area contributed by atoms with E-state index in [2.05, 4.69) is 113 Å². The van der Waals surface area contributed by atoms with Gasteiger partial charge < -0.3 is 33.7 Å². The lowest BCUT2D eigenvalue weighted by Crippen LogP contribution is -2.20. The fourth-order valence-corrected chi connectivity index (χ4v) is 9.27. The van der Waals surface area contributed by atoms with Crippen LogP contribution in [0.5, 0.6) is 17.2 Å². The predicted molar refractivity (Wildman–Crippen MR) is 329 cm³/mol. The topological polar surface area (TPSA) is 133 Å². The van der Waals surface area contributed by atoms with E-state index in [9.17, 15) is 4.39 Å². The molecule has 0 aliphatic rings. The Kier molecular flexibility index (Phi) is 25.8. The van der Waals surface area contributed by atoms with Crippen LogP contribution >= 0.6 is 0 Å². The van der Waals surface area contributed by atoms with Gasteiger partial charge in [-0.3, -0.25) is 4.90 Å². The average Bonchev–Trinajstić information content (AvgIpc) is 4.50. The number of nitrogens with zero attached hydrogens (tertiary/aromatic N) is 10. The number of hydrogen-bond acceptors (Lipinski definition) is 11. The van der Waals surface area contributed by atoms with Gasteiger partial charge in [0.1, 0.15) is 23.1 Å². The van der Waals surface area contributed by atoms with Crippen molar-refractivity contribution in [3.63, 3.8) is 0 Å². The number of hydrogen-bond donors (Lipinski definition) is 1. The van der Waals surface area contributed by atoms with E-state index in [4.69, 9.17) is 19.3 Å². The molecule has 432 valence electrons. The standard InChI is InChI=1S/C20H23N3O.C17H25N3O.C16H19N3.C14H17FN2O/c1-3-15-22(2)16-18-13-14-21-23(18)17-9-11-20(12-10-17)24-19-7-5-4-6-8-19;1-5-12-19(4)13-16-10-11-18-20(16)15-6-8-17(9-7-15)21-14(2)3;1-3-10-19(2)12-16-15(8-9-18-16)14-6-4-13(11-17)5-7-14;1-3-8-17(2)10-14-13(9-16-18-14)11-4-6-12(15)7-5-11/h4-14H,3,15-16H2,1-2H3;6-11,14H,5,12-13H2,1-4H3;4-9,18H,3,10,12H2,1-2H3;4-7,9H,3,8,10H2,1-2H3. The van der Waals surface area contributed by atoms with Crippen LogP contribution in [-0.4, -0.2) is 110 Å². The normalized spacial score (nSPS) is 11.0. The number of nitriles is 1. The maximum atomic E-state index is 12.9. The van der Waals surface area contributed by atoms with Crippen LogP contribution in [0.4, 0.5) is 4.39 Å². The minimum absolute atomic E-state index is 0.193. The molecule has 5 aromatic carbocycles. The van der Waals surface area contributed by atoms with Crippen LogP contribution < -0.4 is 9.47 Å². The van der Waals surface area contributed by atoms with E-state index in [0.717, 1.165) is 123 Å². The number of aromatic nitrogens is 6. The van der Waals surface area contributed by atoms with Gasteiger partial charge in [0, 0.05) is 55.0 Å². The Labute approximate surface area is 486 Å². The van der Waals surface area contributed by atoms with E-state index in [1.54, 1.807) is 18.3 Å². The summed E-state index contributed by atoms with van der Waals surface area (Å²) in [4.78, 5) is 12.4. The largest absolute Gasteiger partial charge is 0.491 e. The molecule has 9 rings (SSSR count). The molecule has 0 radical (unpaired) electrons. The second kappa shape index (κ2) is 33.6. The fraction of sp³-hybridized carbons (Fsp3) is 0.343. The lowest BCUT2D eigenvalue weighted by Gasteiger charge is -2.16. The minimum Gasteiger partial charge on any atom is -0.491 e. The molecule has 0 fully saturated rings. The highest BCUT2D eigenvalue weighted by Gasteiger charge is 2.14. The summed E-state index contributed by atoms with van der Waals surface area (Å²) in [5.41, 5.74) is 10.6. The van der Waals surface area contributed by atoms with Gasteiger partial charge in [0.25, 0.3) is 0 Å². The molecule has 0 aliphatic heterocycles. The summed E-state index contributed by atoms with van der Waals surface area (Å²) in [6, 6.07) is 48.4. The van der Waals surface area contributed by atoms with E-state index in [-0.39, 0.29) is 11.9 Å². The SMILES string of the molecule is CCCN(C)Cc1[nH]ccc1-c1ccc(C#N)cc1.CCCN(C)Cc1ccnn1-c1ccc(OC(C)C)cc1.CCCN(C)Cc1ccnn1-c1ccc(Oc2ccccc2)cc1.CCCN(C)Cc1oncc1-c1ccc(F)cc1. The van der Waals surface area contributed by atoms with E-state index >= 15 is 0 Å². The first-order valence-corrected chi connectivity index (χ1v) is 28.6. The third-order valence-electron chi connectivity index (χ3n) is 13.0. The Morgan fingerprint density at radius 1 is 0.561 bits per heavy atom. The fourth-order valence-electron chi connectivity index (χ4n) is 9.27. The molecule has 0 atom stereocenters. The number of nitrogens with one attached hydrogen (secondary N) is 1. The van der Waals surface area contributed by atoms with Crippen LogP contribution in [0.1, 0.15) is 95.6 Å². The quantitative estimate of drug-likeness (QED) is 0.0620. The third-order valence-corrected chi connectivity index (χ3v) is 13.0. The van der Waals surface area contributed by atoms with Gasteiger partial charge in [0.15, 0.2) is 5.76 Å². The molecular formula is C67H84FN11O3. The molecule has 1 N–H and O–H groups in total. The van der Waals surface area contributed by atoms with Crippen molar-refractivity contribution in [2.45, 2.75) is 99.5 Å². The molecule has 0 saturated heterocycles. The van der Waals surface area contributed by atoms with Crippen molar-refractivity contribution < 1.29 is 18.4 Å². The van der Waals surface area contributed by atoms with Gasteiger partial charge in [-0.25, -0.2) is 13.8 Å². The van der Waals surface area contributed by atoms with Gasteiger partial charge >= 0.3 is 0 Å². The Morgan fingerprint density at radius 3 is 1.55 bits per heavy atom. The lowest BCUT2D eigenvalue weighted by molar-refractivity contribution is 0.242. The number of para-hydroxylation sites is 1. The molecule has 0 saturated carbocycles. The highest BCUT2D eigenvalue weighted by molar-refractivity contribution is 5.67. The number of rotatable bonds is 24. The summed E-state index contributed by atoms with van der Waals surface area (Å²) in [6.45, 7) is 20.4. The molecule has 4 heterocycles. The summed E-state index contributed by atoms with van der Waals surface area (Å²) >= 11 is 0. The molecular weight excluding hydrogens is 1030 g/mol. The zero-order chi connectivity index (χ0) is 58.6. The monoisotopic (exact) mass is 1110 g/mol. The molecule has 0 unspecified atom stereocenters. The molecule has 82 heavy (non-hydrogen) atoms. The number of ether oxygens (including phenoxy) is 2. The van der Waals surface area contributed by atoms with Crippen LogP contribution in [-0.2, 0) is 26.2 Å². The first kappa shape index (κ1) is 63.1. The predicted octanol–water partition coefficient (Wildman–Crippen LogP) is 14.7. The average molecular weight is 1110 g/mol. The number of H-pyrrole nitrogens is 1. The summed E-state index contributed by atoms with van der Waals surface area (Å²) in [5, 5.41) is 21.6. The Balaban J connectivity index is 0.000000177. The third kappa shape index (κ3) is 20.1. The molecule has 0 amide bonds. The summed E-state index contributed by atoms with van der Waals surface area (Å²) in [7, 11) is 8.45. The van der Waals surface area contributed by atoms with Crippen molar-refractivity contribution >= 4 is 0 Å².